The Bertz CT molecular complexity index is 573. The smallest absolute Gasteiger partial charge is 0.123 e. The Morgan fingerprint density at radius 1 is 1.30 bits per heavy atom. The predicted molar refractivity (Wildman–Crippen MR) is 83.6 cm³/mol. The van der Waals surface area contributed by atoms with Crippen molar-refractivity contribution >= 4 is 11.0 Å². The molecule has 2 unspecified atom stereocenters. The fraction of sp³-hybridized carbons (Fsp3) is 0.588. The van der Waals surface area contributed by atoms with Crippen molar-refractivity contribution in [3.05, 3.63) is 30.1 Å². The van der Waals surface area contributed by atoms with Crippen LogP contribution in [0.4, 0.5) is 0 Å². The van der Waals surface area contributed by atoms with Gasteiger partial charge in [0.1, 0.15) is 5.82 Å². The SMILES string of the molecule is CCn1c(CNCC2CCC(C)C2)nc2ccccc21. The maximum Gasteiger partial charge on any atom is 0.123 e. The van der Waals surface area contributed by atoms with Gasteiger partial charge in [0.15, 0.2) is 0 Å². The Labute approximate surface area is 121 Å². The van der Waals surface area contributed by atoms with Gasteiger partial charge in [-0.3, -0.25) is 0 Å². The highest BCUT2D eigenvalue weighted by Crippen LogP contribution is 2.29. The Kier molecular flexibility index (Phi) is 4.06. The number of aromatic nitrogens is 2. The molecule has 3 nitrogen and oxygen atoms in total. The summed E-state index contributed by atoms with van der Waals surface area (Å²) in [7, 11) is 0. The van der Waals surface area contributed by atoms with Crippen LogP contribution in [-0.2, 0) is 13.1 Å². The van der Waals surface area contributed by atoms with Gasteiger partial charge in [0.25, 0.3) is 0 Å². The summed E-state index contributed by atoms with van der Waals surface area (Å²) in [5, 5.41) is 3.62. The first-order chi connectivity index (χ1) is 9.78. The van der Waals surface area contributed by atoms with E-state index in [1.165, 1.54) is 30.6 Å². The second-order valence-electron chi connectivity index (χ2n) is 6.18. The topological polar surface area (TPSA) is 29.9 Å². The summed E-state index contributed by atoms with van der Waals surface area (Å²) in [5.41, 5.74) is 2.36. The van der Waals surface area contributed by atoms with E-state index in [1.807, 2.05) is 0 Å². The van der Waals surface area contributed by atoms with Gasteiger partial charge in [-0.25, -0.2) is 4.98 Å². The van der Waals surface area contributed by atoms with Crippen LogP contribution in [0.1, 0.15) is 38.9 Å². The average molecular weight is 271 g/mol. The Morgan fingerprint density at radius 3 is 2.90 bits per heavy atom. The van der Waals surface area contributed by atoms with Gasteiger partial charge in [0.05, 0.1) is 17.6 Å². The number of rotatable bonds is 5. The second-order valence-corrected chi connectivity index (χ2v) is 6.18. The molecule has 20 heavy (non-hydrogen) atoms. The summed E-state index contributed by atoms with van der Waals surface area (Å²) in [6, 6.07) is 8.41. The normalized spacial score (nSPS) is 22.7. The van der Waals surface area contributed by atoms with Crippen LogP contribution in [-0.4, -0.2) is 16.1 Å². The molecule has 1 aromatic heterocycles. The Balaban J connectivity index is 1.65. The lowest BCUT2D eigenvalue weighted by Crippen LogP contribution is -2.23. The van der Waals surface area contributed by atoms with Crippen LogP contribution >= 0.6 is 0 Å². The van der Waals surface area contributed by atoms with Gasteiger partial charge in [-0.2, -0.15) is 0 Å². The lowest BCUT2D eigenvalue weighted by molar-refractivity contribution is 0.463. The highest BCUT2D eigenvalue weighted by atomic mass is 15.1. The third-order valence-corrected chi connectivity index (χ3v) is 4.57. The van der Waals surface area contributed by atoms with Crippen molar-refractivity contribution in [3.63, 3.8) is 0 Å². The van der Waals surface area contributed by atoms with Gasteiger partial charge in [-0.1, -0.05) is 25.5 Å². The molecule has 1 fully saturated rings. The van der Waals surface area contributed by atoms with E-state index in [2.05, 4.69) is 48.0 Å². The van der Waals surface area contributed by atoms with Gasteiger partial charge < -0.3 is 9.88 Å². The molecule has 2 atom stereocenters. The predicted octanol–water partition coefficient (Wildman–Crippen LogP) is 3.58. The van der Waals surface area contributed by atoms with Crippen molar-refractivity contribution in [1.29, 1.82) is 0 Å². The lowest BCUT2D eigenvalue weighted by Gasteiger charge is -2.11. The van der Waals surface area contributed by atoms with Gasteiger partial charge in [-0.05, 0) is 50.3 Å². The number of aryl methyl sites for hydroxylation is 1. The molecule has 0 amide bonds. The fourth-order valence-corrected chi connectivity index (χ4v) is 3.51. The van der Waals surface area contributed by atoms with Crippen molar-refractivity contribution in [2.24, 2.45) is 11.8 Å². The minimum Gasteiger partial charge on any atom is -0.327 e. The molecular weight excluding hydrogens is 246 g/mol. The first-order valence-corrected chi connectivity index (χ1v) is 7.92. The zero-order valence-electron chi connectivity index (χ0n) is 12.6. The number of hydrogen-bond donors (Lipinski definition) is 1. The van der Waals surface area contributed by atoms with E-state index in [4.69, 9.17) is 4.98 Å². The average Bonchev–Trinajstić information content (AvgIpc) is 3.02. The summed E-state index contributed by atoms with van der Waals surface area (Å²) in [6.07, 6.45) is 4.18. The molecule has 1 N–H and O–H groups in total. The standard InChI is InChI=1S/C17H25N3/c1-3-20-16-7-5-4-6-15(16)19-17(20)12-18-11-14-9-8-13(2)10-14/h4-7,13-14,18H,3,8-12H2,1-2H3. The molecule has 108 valence electrons. The molecule has 1 heterocycles. The van der Waals surface area contributed by atoms with Crippen LogP contribution in [0.3, 0.4) is 0 Å². The molecule has 0 saturated heterocycles. The summed E-state index contributed by atoms with van der Waals surface area (Å²) in [6.45, 7) is 7.56. The molecule has 1 aliphatic carbocycles. The van der Waals surface area contributed by atoms with E-state index in [1.54, 1.807) is 0 Å². The number of para-hydroxylation sites is 2. The van der Waals surface area contributed by atoms with E-state index in [9.17, 15) is 0 Å². The summed E-state index contributed by atoms with van der Waals surface area (Å²) >= 11 is 0. The van der Waals surface area contributed by atoms with E-state index >= 15 is 0 Å². The number of nitrogens with one attached hydrogen (secondary N) is 1. The van der Waals surface area contributed by atoms with Crippen molar-refractivity contribution in [3.8, 4) is 0 Å². The molecule has 0 bridgehead atoms. The summed E-state index contributed by atoms with van der Waals surface area (Å²) in [4.78, 5) is 4.76. The first-order valence-electron chi connectivity index (χ1n) is 7.92. The van der Waals surface area contributed by atoms with Crippen LogP contribution in [0.25, 0.3) is 11.0 Å². The zero-order chi connectivity index (χ0) is 13.9. The molecule has 1 saturated carbocycles. The van der Waals surface area contributed by atoms with Crippen molar-refractivity contribution in [2.45, 2.75) is 46.2 Å². The third kappa shape index (κ3) is 2.73. The van der Waals surface area contributed by atoms with E-state index in [0.717, 1.165) is 37.0 Å². The Morgan fingerprint density at radius 2 is 2.15 bits per heavy atom. The van der Waals surface area contributed by atoms with Crippen LogP contribution in [0.5, 0.6) is 0 Å². The number of fused-ring (bicyclic) bond motifs is 1. The highest BCUT2D eigenvalue weighted by Gasteiger charge is 2.20. The van der Waals surface area contributed by atoms with Gasteiger partial charge in [0, 0.05) is 6.54 Å². The molecule has 2 aromatic rings. The third-order valence-electron chi connectivity index (χ3n) is 4.57. The monoisotopic (exact) mass is 271 g/mol. The van der Waals surface area contributed by atoms with E-state index in [-0.39, 0.29) is 0 Å². The number of benzene rings is 1. The molecule has 3 rings (SSSR count). The minimum atomic E-state index is 0.865. The molecule has 0 aliphatic heterocycles. The molecule has 0 radical (unpaired) electrons. The van der Waals surface area contributed by atoms with Crippen LogP contribution in [0.15, 0.2) is 24.3 Å². The van der Waals surface area contributed by atoms with Crippen molar-refractivity contribution in [1.82, 2.24) is 14.9 Å². The largest absolute Gasteiger partial charge is 0.327 e. The van der Waals surface area contributed by atoms with Crippen LogP contribution < -0.4 is 5.32 Å². The lowest BCUT2D eigenvalue weighted by atomic mass is 10.1. The minimum absolute atomic E-state index is 0.865. The molecule has 1 aromatic carbocycles. The van der Waals surface area contributed by atoms with Gasteiger partial charge >= 0.3 is 0 Å². The van der Waals surface area contributed by atoms with Crippen molar-refractivity contribution in [2.75, 3.05) is 6.54 Å². The fourth-order valence-electron chi connectivity index (χ4n) is 3.51. The summed E-state index contributed by atoms with van der Waals surface area (Å²) in [5.74, 6) is 2.95. The molecular formula is C17H25N3. The number of nitrogens with zero attached hydrogens (tertiary/aromatic N) is 2. The maximum absolute atomic E-state index is 4.76. The zero-order valence-corrected chi connectivity index (χ0v) is 12.6. The van der Waals surface area contributed by atoms with Crippen molar-refractivity contribution < 1.29 is 0 Å². The quantitative estimate of drug-likeness (QED) is 0.900. The van der Waals surface area contributed by atoms with Gasteiger partial charge in [-0.15, -0.1) is 0 Å². The van der Waals surface area contributed by atoms with Gasteiger partial charge in [0.2, 0.25) is 0 Å². The number of hydrogen-bond acceptors (Lipinski definition) is 2. The molecule has 1 aliphatic rings. The maximum atomic E-state index is 4.76. The second kappa shape index (κ2) is 5.96. The van der Waals surface area contributed by atoms with E-state index in [0.29, 0.717) is 0 Å². The number of imidazole rings is 1. The molecule has 3 heteroatoms. The highest BCUT2D eigenvalue weighted by molar-refractivity contribution is 5.75. The first kappa shape index (κ1) is 13.6. The Hall–Kier alpha value is -1.35. The molecule has 0 spiro atoms. The summed E-state index contributed by atoms with van der Waals surface area (Å²) < 4.78 is 2.32. The van der Waals surface area contributed by atoms with Crippen LogP contribution in [0.2, 0.25) is 0 Å². The van der Waals surface area contributed by atoms with E-state index < -0.39 is 0 Å². The van der Waals surface area contributed by atoms with Crippen LogP contribution in [0, 0.1) is 11.8 Å².